The fourth-order valence-electron chi connectivity index (χ4n) is 2.39. The number of piperidine rings is 1. The first-order chi connectivity index (χ1) is 9.60. The third-order valence-corrected chi connectivity index (χ3v) is 3.27. The van der Waals surface area contributed by atoms with Crippen molar-refractivity contribution in [2.24, 2.45) is 0 Å². The molecule has 6 heteroatoms. The highest BCUT2D eigenvalue weighted by Crippen LogP contribution is 2.23. The van der Waals surface area contributed by atoms with E-state index in [9.17, 15) is 13.6 Å². The average Bonchev–Trinajstić information content (AvgIpc) is 2.39. The SMILES string of the molecule is CCOC(=O)NC1CCCN(c2ccc(F)cc2F)C1. The monoisotopic (exact) mass is 284 g/mol. The van der Waals surface area contributed by atoms with Crippen molar-refractivity contribution in [3.63, 3.8) is 0 Å². The molecule has 1 amide bonds. The van der Waals surface area contributed by atoms with E-state index in [4.69, 9.17) is 4.74 Å². The van der Waals surface area contributed by atoms with Gasteiger partial charge in [-0.1, -0.05) is 0 Å². The van der Waals surface area contributed by atoms with Gasteiger partial charge in [-0.15, -0.1) is 0 Å². The maximum atomic E-state index is 13.8. The van der Waals surface area contributed by atoms with Crippen LogP contribution >= 0.6 is 0 Å². The van der Waals surface area contributed by atoms with Crippen LogP contribution in [0, 0.1) is 11.6 Å². The molecule has 1 fully saturated rings. The first-order valence-corrected chi connectivity index (χ1v) is 6.73. The van der Waals surface area contributed by atoms with Gasteiger partial charge < -0.3 is 15.0 Å². The van der Waals surface area contributed by atoms with Gasteiger partial charge in [0.05, 0.1) is 12.3 Å². The zero-order valence-corrected chi connectivity index (χ0v) is 11.4. The molecule has 0 bridgehead atoms. The Morgan fingerprint density at radius 3 is 3.00 bits per heavy atom. The molecular weight excluding hydrogens is 266 g/mol. The van der Waals surface area contributed by atoms with Crippen LogP contribution < -0.4 is 10.2 Å². The van der Waals surface area contributed by atoms with E-state index in [2.05, 4.69) is 5.32 Å². The molecule has 1 unspecified atom stereocenters. The number of nitrogens with zero attached hydrogens (tertiary/aromatic N) is 1. The Morgan fingerprint density at radius 2 is 2.30 bits per heavy atom. The van der Waals surface area contributed by atoms with Gasteiger partial charge in [0, 0.05) is 25.2 Å². The number of ether oxygens (including phenoxy) is 1. The second-order valence-corrected chi connectivity index (χ2v) is 4.75. The normalized spacial score (nSPS) is 18.8. The minimum absolute atomic E-state index is 0.0905. The summed E-state index contributed by atoms with van der Waals surface area (Å²) in [5, 5.41) is 2.75. The minimum Gasteiger partial charge on any atom is -0.450 e. The molecule has 1 aromatic rings. The standard InChI is InChI=1S/C14H18F2N2O2/c1-2-20-14(19)17-11-4-3-7-18(9-11)13-6-5-10(15)8-12(13)16/h5-6,8,11H,2-4,7,9H2,1H3,(H,17,19). The quantitative estimate of drug-likeness (QED) is 0.928. The van der Waals surface area contributed by atoms with E-state index in [1.807, 2.05) is 4.90 Å². The lowest BCUT2D eigenvalue weighted by Gasteiger charge is -2.34. The number of halogens is 2. The van der Waals surface area contributed by atoms with E-state index < -0.39 is 17.7 Å². The van der Waals surface area contributed by atoms with Crippen molar-refractivity contribution >= 4 is 11.8 Å². The molecule has 0 radical (unpaired) electrons. The number of amides is 1. The molecule has 4 nitrogen and oxygen atoms in total. The molecule has 0 spiro atoms. The van der Waals surface area contributed by atoms with E-state index in [-0.39, 0.29) is 6.04 Å². The van der Waals surface area contributed by atoms with Crippen molar-refractivity contribution in [2.75, 3.05) is 24.6 Å². The number of hydrogen-bond acceptors (Lipinski definition) is 3. The van der Waals surface area contributed by atoms with Gasteiger partial charge in [-0.05, 0) is 31.9 Å². The van der Waals surface area contributed by atoms with Crippen LogP contribution in [0.5, 0.6) is 0 Å². The molecule has 0 aliphatic carbocycles. The molecule has 20 heavy (non-hydrogen) atoms. The second kappa shape index (κ2) is 6.54. The Labute approximate surface area is 116 Å². The molecule has 1 saturated heterocycles. The highest BCUT2D eigenvalue weighted by Gasteiger charge is 2.23. The van der Waals surface area contributed by atoms with Crippen molar-refractivity contribution in [2.45, 2.75) is 25.8 Å². The number of carbonyl (C=O) groups excluding carboxylic acids is 1. The van der Waals surface area contributed by atoms with E-state index in [1.165, 1.54) is 12.1 Å². The van der Waals surface area contributed by atoms with Crippen molar-refractivity contribution in [3.8, 4) is 0 Å². The molecule has 1 aromatic carbocycles. The zero-order valence-electron chi connectivity index (χ0n) is 11.4. The maximum absolute atomic E-state index is 13.8. The van der Waals surface area contributed by atoms with Crippen molar-refractivity contribution in [3.05, 3.63) is 29.8 Å². The summed E-state index contributed by atoms with van der Waals surface area (Å²) in [7, 11) is 0. The van der Waals surface area contributed by atoms with E-state index in [0.717, 1.165) is 18.9 Å². The third kappa shape index (κ3) is 3.59. The predicted molar refractivity (Wildman–Crippen MR) is 71.8 cm³/mol. The van der Waals surface area contributed by atoms with Crippen LogP contribution in [0.4, 0.5) is 19.3 Å². The van der Waals surface area contributed by atoms with Gasteiger partial charge in [0.2, 0.25) is 0 Å². The first-order valence-electron chi connectivity index (χ1n) is 6.73. The number of rotatable bonds is 3. The lowest BCUT2D eigenvalue weighted by atomic mass is 10.0. The molecule has 2 rings (SSSR count). The van der Waals surface area contributed by atoms with Crippen LogP contribution in [0.2, 0.25) is 0 Å². The predicted octanol–water partition coefficient (Wildman–Crippen LogP) is 2.68. The fourth-order valence-corrected chi connectivity index (χ4v) is 2.39. The Balaban J connectivity index is 2.01. The van der Waals surface area contributed by atoms with Crippen LogP contribution in [0.1, 0.15) is 19.8 Å². The number of alkyl carbamates (subject to hydrolysis) is 1. The highest BCUT2D eigenvalue weighted by molar-refractivity contribution is 5.67. The summed E-state index contributed by atoms with van der Waals surface area (Å²) < 4.78 is 31.5. The Hall–Kier alpha value is -1.85. The summed E-state index contributed by atoms with van der Waals surface area (Å²) in [4.78, 5) is 13.2. The molecule has 1 N–H and O–H groups in total. The molecular formula is C14H18F2N2O2. The number of hydrogen-bond donors (Lipinski definition) is 1. The maximum Gasteiger partial charge on any atom is 0.407 e. The van der Waals surface area contributed by atoms with Gasteiger partial charge in [0.25, 0.3) is 0 Å². The highest BCUT2D eigenvalue weighted by atomic mass is 19.1. The summed E-state index contributed by atoms with van der Waals surface area (Å²) in [6.07, 6.45) is 1.19. The van der Waals surface area contributed by atoms with Gasteiger partial charge in [0.15, 0.2) is 0 Å². The van der Waals surface area contributed by atoms with Crippen LogP contribution in [-0.2, 0) is 4.74 Å². The topological polar surface area (TPSA) is 41.6 Å². The minimum atomic E-state index is -0.593. The summed E-state index contributed by atoms with van der Waals surface area (Å²) in [6, 6.07) is 3.45. The average molecular weight is 284 g/mol. The lowest BCUT2D eigenvalue weighted by Crippen LogP contribution is -2.48. The number of carbonyl (C=O) groups is 1. The van der Waals surface area contributed by atoms with Crippen LogP contribution in [0.3, 0.4) is 0 Å². The van der Waals surface area contributed by atoms with Gasteiger partial charge in [-0.3, -0.25) is 0 Å². The largest absolute Gasteiger partial charge is 0.450 e. The third-order valence-electron chi connectivity index (χ3n) is 3.27. The van der Waals surface area contributed by atoms with Crippen LogP contribution in [0.15, 0.2) is 18.2 Å². The number of nitrogens with one attached hydrogen (secondary N) is 1. The molecule has 110 valence electrons. The smallest absolute Gasteiger partial charge is 0.407 e. The van der Waals surface area contributed by atoms with E-state index >= 15 is 0 Å². The summed E-state index contributed by atoms with van der Waals surface area (Å²) in [5.74, 6) is -1.17. The molecule has 0 aromatic heterocycles. The summed E-state index contributed by atoms with van der Waals surface area (Å²) >= 11 is 0. The van der Waals surface area contributed by atoms with Crippen LogP contribution in [0.25, 0.3) is 0 Å². The molecule has 1 aliphatic rings. The van der Waals surface area contributed by atoms with Crippen LogP contribution in [-0.4, -0.2) is 31.8 Å². The Bertz CT molecular complexity index is 482. The van der Waals surface area contributed by atoms with Gasteiger partial charge in [0.1, 0.15) is 11.6 Å². The van der Waals surface area contributed by atoms with Gasteiger partial charge in [-0.25, -0.2) is 13.6 Å². The number of benzene rings is 1. The summed E-state index contributed by atoms with van der Waals surface area (Å²) in [5.41, 5.74) is 0.363. The molecule has 1 heterocycles. The van der Waals surface area contributed by atoms with Crippen molar-refractivity contribution in [1.82, 2.24) is 5.32 Å². The fraction of sp³-hybridized carbons (Fsp3) is 0.500. The molecule has 1 aliphatic heterocycles. The summed E-state index contributed by atoms with van der Waals surface area (Å²) in [6.45, 7) is 3.22. The van der Waals surface area contributed by atoms with Crippen molar-refractivity contribution < 1.29 is 18.3 Å². The second-order valence-electron chi connectivity index (χ2n) is 4.75. The van der Waals surface area contributed by atoms with Crippen molar-refractivity contribution in [1.29, 1.82) is 0 Å². The van der Waals surface area contributed by atoms with Gasteiger partial charge >= 0.3 is 6.09 Å². The number of anilines is 1. The first kappa shape index (κ1) is 14.6. The van der Waals surface area contributed by atoms with Gasteiger partial charge in [-0.2, -0.15) is 0 Å². The Kier molecular flexibility index (Phi) is 4.76. The lowest BCUT2D eigenvalue weighted by molar-refractivity contribution is 0.146. The Morgan fingerprint density at radius 1 is 1.50 bits per heavy atom. The van der Waals surface area contributed by atoms with E-state index in [0.29, 0.717) is 25.4 Å². The molecule has 0 saturated carbocycles. The van der Waals surface area contributed by atoms with E-state index in [1.54, 1.807) is 6.92 Å². The molecule has 1 atom stereocenters. The zero-order chi connectivity index (χ0) is 14.5.